The van der Waals surface area contributed by atoms with Gasteiger partial charge < -0.3 is 19.1 Å². The van der Waals surface area contributed by atoms with Gasteiger partial charge in [0.15, 0.2) is 15.3 Å². The van der Waals surface area contributed by atoms with Gasteiger partial charge in [0.2, 0.25) is 11.8 Å². The van der Waals surface area contributed by atoms with Crippen LogP contribution in [-0.4, -0.2) is 82.5 Å². The molecule has 0 aromatic heterocycles. The molecule has 0 bridgehead atoms. The average Bonchev–Trinajstić information content (AvgIpc) is 2.79. The lowest BCUT2D eigenvalue weighted by Crippen LogP contribution is -2.54. The highest BCUT2D eigenvalue weighted by atomic mass is 32.3. The number of carbonyl (C=O) groups excluding carboxylic acids is 2. The Hall–Kier alpha value is -1.81. The van der Waals surface area contributed by atoms with E-state index in [0.717, 1.165) is 18.4 Å². The number of hydrogen-bond acceptors (Lipinski definition) is 5. The number of amides is 2. The van der Waals surface area contributed by atoms with Crippen LogP contribution in [0.1, 0.15) is 31.2 Å². The normalized spacial score (nSPS) is 26.0. The van der Waals surface area contributed by atoms with Crippen molar-refractivity contribution in [2.45, 2.75) is 43.5 Å². The van der Waals surface area contributed by atoms with Gasteiger partial charge in [-0.25, -0.2) is 0 Å². The van der Waals surface area contributed by atoms with Crippen LogP contribution in [0.4, 0.5) is 0 Å². The van der Waals surface area contributed by atoms with E-state index in [2.05, 4.69) is 0 Å². The molecule has 0 aliphatic carbocycles. The lowest BCUT2D eigenvalue weighted by atomic mass is 9.95. The molecule has 170 valence electrons. The first-order chi connectivity index (χ1) is 14.9. The van der Waals surface area contributed by atoms with E-state index < -0.39 is 10.4 Å². The molecule has 3 heterocycles. The molecule has 1 aromatic carbocycles. The number of morpholine rings is 1. The Morgan fingerprint density at radius 3 is 2.48 bits per heavy atom. The lowest BCUT2D eigenvalue weighted by molar-refractivity contribution is -0.148. The second kappa shape index (κ2) is 9.36. The van der Waals surface area contributed by atoms with Crippen LogP contribution in [0.15, 0.2) is 29.2 Å². The SMILES string of the molecule is Cc1ccc([S+](=O)([O-])N2CCCC(C(=O)N3CCC(N4CCOCC4=O)CC3)C2)cc1. The number of benzene rings is 1. The van der Waals surface area contributed by atoms with E-state index in [1.165, 1.54) is 4.31 Å². The molecule has 3 fully saturated rings. The summed E-state index contributed by atoms with van der Waals surface area (Å²) in [6.45, 7) is 5.14. The van der Waals surface area contributed by atoms with Gasteiger partial charge in [0, 0.05) is 32.2 Å². The van der Waals surface area contributed by atoms with Crippen LogP contribution < -0.4 is 0 Å². The minimum Gasteiger partial charge on any atom is -0.593 e. The summed E-state index contributed by atoms with van der Waals surface area (Å²) < 4.78 is 32.8. The quantitative estimate of drug-likeness (QED) is 0.649. The third-order valence-corrected chi connectivity index (χ3v) is 8.51. The van der Waals surface area contributed by atoms with Crippen molar-refractivity contribution >= 4 is 22.2 Å². The van der Waals surface area contributed by atoms with Crippen LogP contribution in [0.5, 0.6) is 0 Å². The summed E-state index contributed by atoms with van der Waals surface area (Å²) in [6, 6.07) is 7.01. The standard InChI is InChI=1S/C22H31N3O5S/c1-17-4-6-20(7-5-17)31(28,29)24-10-2-3-18(15-24)22(27)23-11-8-19(9-12-23)25-13-14-30-16-21(25)26/h4-7,18-19H,2-3,8-16H2,1H3. The molecule has 2 atom stereocenters. The maximum absolute atomic E-state index is 13.2. The van der Waals surface area contributed by atoms with Crippen molar-refractivity contribution in [1.82, 2.24) is 14.1 Å². The number of piperidine rings is 2. The monoisotopic (exact) mass is 449 g/mol. The first kappa shape index (κ1) is 22.4. The zero-order valence-corrected chi connectivity index (χ0v) is 18.8. The Kier molecular flexibility index (Phi) is 6.76. The molecule has 9 heteroatoms. The van der Waals surface area contributed by atoms with Crippen molar-refractivity contribution in [3.8, 4) is 0 Å². The van der Waals surface area contributed by atoms with E-state index >= 15 is 0 Å². The fraction of sp³-hybridized carbons (Fsp3) is 0.636. The molecule has 0 spiro atoms. The number of nitrogens with zero attached hydrogens (tertiary/aromatic N) is 3. The summed E-state index contributed by atoms with van der Waals surface area (Å²) in [7, 11) is -3.60. The highest BCUT2D eigenvalue weighted by Crippen LogP contribution is 2.29. The Labute approximate surface area is 184 Å². The third-order valence-electron chi connectivity index (χ3n) is 6.63. The predicted octanol–water partition coefficient (Wildman–Crippen LogP) is 1.46. The lowest BCUT2D eigenvalue weighted by Gasteiger charge is -2.41. The van der Waals surface area contributed by atoms with E-state index in [1.807, 2.05) is 16.7 Å². The minimum atomic E-state index is -3.60. The first-order valence-corrected chi connectivity index (χ1v) is 12.5. The number of ether oxygens (including phenoxy) is 1. The first-order valence-electron chi connectivity index (χ1n) is 11.1. The van der Waals surface area contributed by atoms with Crippen molar-refractivity contribution < 1.29 is 23.1 Å². The molecule has 3 saturated heterocycles. The Bertz CT molecular complexity index is 853. The van der Waals surface area contributed by atoms with Crippen LogP contribution in [0.3, 0.4) is 0 Å². The van der Waals surface area contributed by atoms with Gasteiger partial charge in [-0.3, -0.25) is 9.59 Å². The Morgan fingerprint density at radius 1 is 1.10 bits per heavy atom. The van der Waals surface area contributed by atoms with Gasteiger partial charge in [-0.15, -0.1) is 4.31 Å². The topological polar surface area (TPSA) is 93.2 Å². The van der Waals surface area contributed by atoms with Crippen molar-refractivity contribution in [1.29, 1.82) is 0 Å². The number of likely N-dealkylation sites (tertiary alicyclic amines) is 1. The summed E-state index contributed by atoms with van der Waals surface area (Å²) in [5.41, 5.74) is 1.01. The summed E-state index contributed by atoms with van der Waals surface area (Å²) in [5.74, 6) is -0.244. The number of rotatable bonds is 4. The Balaban J connectivity index is 1.35. The maximum Gasteiger partial charge on any atom is 0.248 e. The van der Waals surface area contributed by atoms with Gasteiger partial charge in [-0.05, 0) is 44.7 Å². The summed E-state index contributed by atoms with van der Waals surface area (Å²) in [4.78, 5) is 29.3. The zero-order chi connectivity index (χ0) is 22.0. The van der Waals surface area contributed by atoms with Gasteiger partial charge in [-0.2, -0.15) is 0 Å². The molecule has 0 N–H and O–H groups in total. The van der Waals surface area contributed by atoms with Crippen molar-refractivity contribution in [3.05, 3.63) is 29.8 Å². The molecule has 0 radical (unpaired) electrons. The van der Waals surface area contributed by atoms with Crippen LogP contribution in [0, 0.1) is 12.8 Å². The van der Waals surface area contributed by atoms with Gasteiger partial charge >= 0.3 is 0 Å². The average molecular weight is 450 g/mol. The third kappa shape index (κ3) is 4.84. The number of carbonyl (C=O) groups is 2. The molecule has 31 heavy (non-hydrogen) atoms. The van der Waals surface area contributed by atoms with Gasteiger partial charge in [0.25, 0.3) is 0 Å². The fourth-order valence-electron chi connectivity index (χ4n) is 4.79. The number of aryl methyl sites for hydroxylation is 1. The van der Waals surface area contributed by atoms with E-state index in [9.17, 15) is 18.4 Å². The molecule has 2 unspecified atom stereocenters. The molecular formula is C22H31N3O5S. The van der Waals surface area contributed by atoms with Gasteiger partial charge in [-0.1, -0.05) is 21.9 Å². The van der Waals surface area contributed by atoms with E-state index in [-0.39, 0.29) is 41.8 Å². The number of hydrogen-bond donors (Lipinski definition) is 0. The molecule has 3 aliphatic rings. The Morgan fingerprint density at radius 2 is 1.81 bits per heavy atom. The maximum atomic E-state index is 13.2. The predicted molar refractivity (Wildman–Crippen MR) is 115 cm³/mol. The van der Waals surface area contributed by atoms with Gasteiger partial charge in [0.1, 0.15) is 6.61 Å². The summed E-state index contributed by atoms with van der Waals surface area (Å²) in [6.07, 6.45) is 2.91. The molecule has 0 saturated carbocycles. The van der Waals surface area contributed by atoms with E-state index in [0.29, 0.717) is 45.6 Å². The van der Waals surface area contributed by atoms with Gasteiger partial charge in [0.05, 0.1) is 19.1 Å². The second-order valence-electron chi connectivity index (χ2n) is 8.71. The van der Waals surface area contributed by atoms with E-state index in [4.69, 9.17) is 4.74 Å². The highest BCUT2D eigenvalue weighted by Gasteiger charge is 2.39. The van der Waals surface area contributed by atoms with E-state index in [1.54, 1.807) is 24.3 Å². The largest absolute Gasteiger partial charge is 0.593 e. The molecule has 2 amide bonds. The van der Waals surface area contributed by atoms with Crippen molar-refractivity contribution in [2.24, 2.45) is 5.92 Å². The molecule has 3 aliphatic heterocycles. The summed E-state index contributed by atoms with van der Waals surface area (Å²) in [5, 5.41) is 0. The molecular weight excluding hydrogens is 418 g/mol. The molecule has 4 rings (SSSR count). The van der Waals surface area contributed by atoms with Crippen LogP contribution in [0.2, 0.25) is 0 Å². The van der Waals surface area contributed by atoms with Crippen molar-refractivity contribution in [3.63, 3.8) is 0 Å². The number of sulfonamides is 1. The minimum absolute atomic E-state index is 0.0280. The smallest absolute Gasteiger partial charge is 0.248 e. The van der Waals surface area contributed by atoms with Crippen LogP contribution in [-0.2, 0) is 28.9 Å². The van der Waals surface area contributed by atoms with Crippen LogP contribution in [0.25, 0.3) is 0 Å². The molecule has 1 aromatic rings. The highest BCUT2D eigenvalue weighted by molar-refractivity contribution is 7.95. The fourth-order valence-corrected chi connectivity index (χ4v) is 6.32. The second-order valence-corrected chi connectivity index (χ2v) is 10.6. The van der Waals surface area contributed by atoms with Crippen LogP contribution >= 0.6 is 0 Å². The summed E-state index contributed by atoms with van der Waals surface area (Å²) >= 11 is 0. The molecule has 8 nitrogen and oxygen atoms in total. The van der Waals surface area contributed by atoms with Crippen molar-refractivity contribution in [2.75, 3.05) is 45.9 Å². The zero-order valence-electron chi connectivity index (χ0n) is 18.0.